The van der Waals surface area contributed by atoms with Crippen LogP contribution in [0.15, 0.2) is 468 Å². The fourth-order valence-corrected chi connectivity index (χ4v) is 25.9. The molecule has 21 aromatic carbocycles. The lowest BCUT2D eigenvalue weighted by Gasteiger charge is -2.11. The summed E-state index contributed by atoms with van der Waals surface area (Å²) in [7, 11) is 0. The highest BCUT2D eigenvalue weighted by atomic mass is 32.1. The topological polar surface area (TPSA) is 54.2 Å². The fraction of sp³-hybridized carbons (Fsp3) is 0. The van der Waals surface area contributed by atoms with E-state index in [9.17, 15) is 0 Å². The molecule has 0 N–H and O–H groups in total. The van der Waals surface area contributed by atoms with E-state index in [4.69, 9.17) is 13.3 Å². The lowest BCUT2D eigenvalue weighted by atomic mass is 9.92. The SMILES string of the molecule is c1ccc(-c2ccc(-c3ccc4c(c3)oc3ccccc34)c3c2sc2c(-n4c5ccccc5c5ccccc54)cccc23)cc1.c1ccc(-c2ccc(-c3ccc4oc5ccccc5c4c3)c3c2sc2c(-n4c5ccccc5c5ccccc54)cccc23)cc1.c1ccc(-c2ccc(-c3cccc4oc5ccccc5c34)c3c2sc2c(-n4c5ccccc5c5ccccc54)cccc23)cc1. The Morgan fingerprint density at radius 1 is 0.141 bits per heavy atom. The van der Waals surface area contributed by atoms with Gasteiger partial charge in [-0.15, -0.1) is 34.0 Å². The number of para-hydroxylation sites is 9. The van der Waals surface area contributed by atoms with E-state index in [2.05, 4.69) is 438 Å². The molecule has 0 aliphatic heterocycles. The number of fused-ring (bicyclic) bond motifs is 27. The number of thiophene rings is 3. The van der Waals surface area contributed by atoms with E-state index in [0.717, 1.165) is 66.0 Å². The zero-order valence-electron chi connectivity index (χ0n) is 72.6. The summed E-state index contributed by atoms with van der Waals surface area (Å²) in [6.07, 6.45) is 0. The number of benzene rings is 21. The van der Waals surface area contributed by atoms with E-state index in [-0.39, 0.29) is 0 Å². The summed E-state index contributed by atoms with van der Waals surface area (Å²) in [6.45, 7) is 0. The van der Waals surface area contributed by atoms with Crippen LogP contribution < -0.4 is 0 Å². The summed E-state index contributed by atoms with van der Waals surface area (Å²) < 4.78 is 34.0. The van der Waals surface area contributed by atoms with Crippen molar-refractivity contribution in [1.29, 1.82) is 0 Å². The van der Waals surface area contributed by atoms with Crippen LogP contribution in [0.1, 0.15) is 0 Å². The highest BCUT2D eigenvalue weighted by molar-refractivity contribution is 7.28. The molecular weight excluding hydrogens is 1700 g/mol. The van der Waals surface area contributed by atoms with Crippen molar-refractivity contribution >= 4 is 226 Å². The van der Waals surface area contributed by atoms with Crippen molar-refractivity contribution in [3.8, 4) is 83.8 Å². The molecule has 0 aliphatic carbocycles. The maximum atomic E-state index is 6.34. The van der Waals surface area contributed by atoms with Gasteiger partial charge in [0.25, 0.3) is 0 Å². The average molecular weight is 1780 g/mol. The zero-order chi connectivity index (χ0) is 88.5. The molecule has 0 aliphatic rings. The predicted octanol–water partition coefficient (Wildman–Crippen LogP) is 37.2. The maximum Gasteiger partial charge on any atom is 0.136 e. The van der Waals surface area contributed by atoms with Crippen molar-refractivity contribution < 1.29 is 13.3 Å². The van der Waals surface area contributed by atoms with Crippen LogP contribution >= 0.6 is 34.0 Å². The third-order valence-corrected chi connectivity index (χ3v) is 31.4. The van der Waals surface area contributed by atoms with E-state index < -0.39 is 0 Å². The first-order chi connectivity index (χ1) is 67.0. The van der Waals surface area contributed by atoms with Gasteiger partial charge in [-0.05, 0) is 170 Å². The Kier molecular flexibility index (Phi) is 17.6. The molecule has 0 bridgehead atoms. The van der Waals surface area contributed by atoms with Gasteiger partial charge in [0.05, 0.1) is 64.3 Å². The number of hydrogen-bond donors (Lipinski definition) is 0. The minimum atomic E-state index is 0.916. The van der Waals surface area contributed by atoms with Gasteiger partial charge >= 0.3 is 0 Å². The number of aromatic nitrogens is 3. The van der Waals surface area contributed by atoms with Gasteiger partial charge < -0.3 is 27.0 Å². The van der Waals surface area contributed by atoms with E-state index in [1.165, 1.54) is 210 Å². The minimum Gasteiger partial charge on any atom is -0.456 e. The Hall–Kier alpha value is -16.9. The monoisotopic (exact) mass is 1770 g/mol. The van der Waals surface area contributed by atoms with E-state index in [0.29, 0.717) is 0 Å². The maximum absolute atomic E-state index is 6.34. The van der Waals surface area contributed by atoms with E-state index in [1.54, 1.807) is 0 Å². The number of furan rings is 3. The Bertz CT molecular complexity index is 9940. The van der Waals surface area contributed by atoms with Crippen LogP contribution in [0, 0.1) is 0 Å². The molecule has 9 aromatic heterocycles. The normalized spacial score (nSPS) is 12.0. The number of nitrogens with zero attached hydrogens (tertiary/aromatic N) is 3. The summed E-state index contributed by atoms with van der Waals surface area (Å²) in [4.78, 5) is 0. The van der Waals surface area contributed by atoms with Gasteiger partial charge in [0.2, 0.25) is 0 Å². The van der Waals surface area contributed by atoms with E-state index in [1.807, 2.05) is 64.3 Å². The van der Waals surface area contributed by atoms with Crippen LogP contribution in [0.5, 0.6) is 0 Å². The molecule has 30 aromatic rings. The molecule has 6 nitrogen and oxygen atoms in total. The first kappa shape index (κ1) is 76.9. The number of hydrogen-bond acceptors (Lipinski definition) is 6. The van der Waals surface area contributed by atoms with Crippen LogP contribution in [0.25, 0.3) is 276 Å². The minimum absolute atomic E-state index is 0.916. The lowest BCUT2D eigenvalue weighted by Crippen LogP contribution is -1.93. The zero-order valence-corrected chi connectivity index (χ0v) is 75.0. The van der Waals surface area contributed by atoms with Crippen LogP contribution in [-0.2, 0) is 0 Å². The second-order valence-corrected chi connectivity index (χ2v) is 38.0. The number of rotatable bonds is 9. The van der Waals surface area contributed by atoms with Crippen molar-refractivity contribution in [1.82, 2.24) is 13.7 Å². The van der Waals surface area contributed by atoms with Gasteiger partial charge in [-0.1, -0.05) is 352 Å². The molecule has 0 saturated carbocycles. The Labute approximate surface area is 785 Å². The van der Waals surface area contributed by atoms with Gasteiger partial charge in [-0.2, -0.15) is 0 Å². The largest absolute Gasteiger partial charge is 0.456 e. The van der Waals surface area contributed by atoms with Crippen molar-refractivity contribution in [2.24, 2.45) is 0 Å². The summed E-state index contributed by atoms with van der Waals surface area (Å²) in [5.74, 6) is 0. The summed E-state index contributed by atoms with van der Waals surface area (Å²) in [5, 5.41) is 22.2. The Morgan fingerprint density at radius 2 is 0.415 bits per heavy atom. The van der Waals surface area contributed by atoms with Crippen LogP contribution in [0.2, 0.25) is 0 Å². The van der Waals surface area contributed by atoms with Gasteiger partial charge in [0, 0.05) is 111 Å². The van der Waals surface area contributed by atoms with Gasteiger partial charge in [-0.3, -0.25) is 0 Å². The first-order valence-electron chi connectivity index (χ1n) is 45.8. The first-order valence-corrected chi connectivity index (χ1v) is 48.3. The molecule has 0 spiro atoms. The van der Waals surface area contributed by atoms with Crippen LogP contribution in [-0.4, -0.2) is 13.7 Å². The van der Waals surface area contributed by atoms with Gasteiger partial charge in [-0.25, -0.2) is 0 Å². The molecule has 0 fully saturated rings. The summed E-state index contributed by atoms with van der Waals surface area (Å²) in [5.41, 5.74) is 31.2. The molecular formula is C126H75N3O3S3. The summed E-state index contributed by atoms with van der Waals surface area (Å²) in [6, 6.07) is 164. The van der Waals surface area contributed by atoms with Gasteiger partial charge in [0.1, 0.15) is 33.5 Å². The summed E-state index contributed by atoms with van der Waals surface area (Å²) >= 11 is 5.70. The molecule has 135 heavy (non-hydrogen) atoms. The van der Waals surface area contributed by atoms with E-state index >= 15 is 0 Å². The molecule has 30 rings (SSSR count). The third kappa shape index (κ3) is 12.0. The Morgan fingerprint density at radius 3 is 0.837 bits per heavy atom. The quantitative estimate of drug-likeness (QED) is 0.145. The molecule has 0 amide bonds. The standard InChI is InChI=1S/3C42H25NOS/c1-2-12-26(13-3-1)27-24-25-31(30-17-11-23-38-39(30)32-16-6-9-22-37(32)44-38)40-33-18-10-21-36(41(33)45-42(27)40)43-34-19-7-4-14-28(34)29-15-5-8-20-35(29)43;1-2-11-26(12-3-1)29-23-22-28(27-21-24-39-34(25-27)32-15-6-9-20-38(32)44-39)40-33-16-10-19-37(41(33)45-42(29)40)43-35-17-7-4-13-30(35)31-14-5-8-18-36(31)43;1-2-11-26(12-3-1)29-24-23-28(27-21-22-33-32-15-6-9-20-38(32)44-39(33)25-27)40-34-16-10-19-37(41(34)45-42(29)40)43-35-17-7-4-13-30(35)31-14-5-8-18-36(31)43/h3*1-25H. The Balaban J connectivity index is 0.000000101. The lowest BCUT2D eigenvalue weighted by molar-refractivity contribution is 0.668. The highest BCUT2D eigenvalue weighted by Gasteiger charge is 2.28. The molecule has 0 atom stereocenters. The van der Waals surface area contributed by atoms with Gasteiger partial charge in [0.15, 0.2) is 0 Å². The molecule has 0 unspecified atom stereocenters. The molecule has 9 heteroatoms. The van der Waals surface area contributed by atoms with Crippen LogP contribution in [0.4, 0.5) is 0 Å². The molecule has 630 valence electrons. The predicted molar refractivity (Wildman–Crippen MR) is 575 cm³/mol. The smallest absolute Gasteiger partial charge is 0.136 e. The average Bonchev–Trinajstić information content (AvgIpc) is 1.60. The molecule has 0 radical (unpaired) electrons. The van der Waals surface area contributed by atoms with Crippen LogP contribution in [0.3, 0.4) is 0 Å². The van der Waals surface area contributed by atoms with Crippen molar-refractivity contribution in [3.05, 3.63) is 455 Å². The van der Waals surface area contributed by atoms with Crippen molar-refractivity contribution in [2.45, 2.75) is 0 Å². The van der Waals surface area contributed by atoms with Crippen molar-refractivity contribution in [3.63, 3.8) is 0 Å². The molecule has 0 saturated heterocycles. The third-order valence-electron chi connectivity index (χ3n) is 27.7. The second-order valence-electron chi connectivity index (χ2n) is 35.0. The highest BCUT2D eigenvalue weighted by Crippen LogP contribution is 2.54. The molecule has 9 heterocycles. The second kappa shape index (κ2) is 30.9. The fourth-order valence-electron chi connectivity index (χ4n) is 21.8. The van der Waals surface area contributed by atoms with Crippen molar-refractivity contribution in [2.75, 3.05) is 0 Å².